The lowest BCUT2D eigenvalue weighted by atomic mass is 10.3. The van der Waals surface area contributed by atoms with Gasteiger partial charge in [-0.05, 0) is 15.9 Å². The number of aromatic nitrogens is 4. The van der Waals surface area contributed by atoms with Gasteiger partial charge in [0.15, 0.2) is 16.4 Å². The van der Waals surface area contributed by atoms with Crippen LogP contribution >= 0.6 is 15.9 Å². The number of aromatic amines is 1. The van der Waals surface area contributed by atoms with E-state index < -0.39 is 5.82 Å². The van der Waals surface area contributed by atoms with Gasteiger partial charge in [-0.3, -0.25) is 5.10 Å². The number of anilines is 1. The SMILES string of the molecule is Cn1cc(-c2[nH]nc(N)c2F)nc1Br. The fraction of sp³-hybridized carbons (Fsp3) is 0.143. The molecule has 14 heavy (non-hydrogen) atoms. The Balaban J connectivity index is 2.54. The number of hydrogen-bond donors (Lipinski definition) is 2. The fourth-order valence-electron chi connectivity index (χ4n) is 1.08. The molecule has 0 aliphatic heterocycles. The van der Waals surface area contributed by atoms with Gasteiger partial charge in [0, 0.05) is 13.2 Å². The van der Waals surface area contributed by atoms with Crippen LogP contribution in [-0.2, 0) is 7.05 Å². The lowest BCUT2D eigenvalue weighted by Gasteiger charge is -1.88. The number of halogens is 2. The largest absolute Gasteiger partial charge is 0.380 e. The Kier molecular flexibility index (Phi) is 2.03. The van der Waals surface area contributed by atoms with Gasteiger partial charge in [-0.2, -0.15) is 5.10 Å². The minimum atomic E-state index is -0.574. The van der Waals surface area contributed by atoms with Crippen molar-refractivity contribution in [1.82, 2.24) is 19.7 Å². The van der Waals surface area contributed by atoms with Gasteiger partial charge in [0.05, 0.1) is 0 Å². The van der Waals surface area contributed by atoms with Gasteiger partial charge < -0.3 is 10.3 Å². The first kappa shape index (κ1) is 9.20. The molecule has 2 aromatic rings. The summed E-state index contributed by atoms with van der Waals surface area (Å²) in [6.45, 7) is 0. The van der Waals surface area contributed by atoms with Crippen molar-refractivity contribution in [1.29, 1.82) is 0 Å². The van der Waals surface area contributed by atoms with Gasteiger partial charge >= 0.3 is 0 Å². The Morgan fingerprint density at radius 3 is 2.79 bits per heavy atom. The molecule has 0 saturated carbocycles. The van der Waals surface area contributed by atoms with E-state index >= 15 is 0 Å². The summed E-state index contributed by atoms with van der Waals surface area (Å²) in [6, 6.07) is 0. The molecular weight excluding hydrogens is 253 g/mol. The van der Waals surface area contributed by atoms with Crippen LogP contribution in [0.25, 0.3) is 11.4 Å². The smallest absolute Gasteiger partial charge is 0.194 e. The van der Waals surface area contributed by atoms with Gasteiger partial charge in [-0.15, -0.1) is 0 Å². The molecular formula is C7H7BrFN5. The lowest BCUT2D eigenvalue weighted by molar-refractivity contribution is 0.636. The topological polar surface area (TPSA) is 72.5 Å². The van der Waals surface area contributed by atoms with Crippen LogP contribution in [-0.4, -0.2) is 19.7 Å². The summed E-state index contributed by atoms with van der Waals surface area (Å²) in [5.74, 6) is -0.725. The summed E-state index contributed by atoms with van der Waals surface area (Å²) in [7, 11) is 1.79. The summed E-state index contributed by atoms with van der Waals surface area (Å²) in [5, 5.41) is 6.03. The van der Waals surface area contributed by atoms with Crippen molar-refractivity contribution in [3.05, 3.63) is 16.7 Å². The molecule has 0 saturated heterocycles. The highest BCUT2D eigenvalue weighted by Crippen LogP contribution is 2.23. The number of imidazole rings is 1. The zero-order valence-electron chi connectivity index (χ0n) is 7.25. The molecule has 3 N–H and O–H groups in total. The monoisotopic (exact) mass is 259 g/mol. The fourth-order valence-corrected chi connectivity index (χ4v) is 1.37. The molecule has 2 rings (SSSR count). The van der Waals surface area contributed by atoms with Crippen molar-refractivity contribution in [2.45, 2.75) is 0 Å². The highest BCUT2D eigenvalue weighted by atomic mass is 79.9. The predicted molar refractivity (Wildman–Crippen MR) is 52.9 cm³/mol. The van der Waals surface area contributed by atoms with Crippen LogP contribution in [0.2, 0.25) is 0 Å². The molecule has 0 aliphatic carbocycles. The second-order valence-corrected chi connectivity index (χ2v) is 3.51. The Bertz CT molecular complexity index is 455. The maximum atomic E-state index is 13.3. The van der Waals surface area contributed by atoms with Crippen molar-refractivity contribution in [2.75, 3.05) is 5.73 Å². The van der Waals surface area contributed by atoms with E-state index in [4.69, 9.17) is 5.73 Å². The second kappa shape index (κ2) is 3.09. The van der Waals surface area contributed by atoms with E-state index in [1.165, 1.54) is 0 Å². The number of aryl methyl sites for hydroxylation is 1. The number of hydrogen-bond acceptors (Lipinski definition) is 3. The van der Waals surface area contributed by atoms with Crippen molar-refractivity contribution in [3.63, 3.8) is 0 Å². The first-order chi connectivity index (χ1) is 6.59. The Hall–Kier alpha value is -1.37. The first-order valence-electron chi connectivity index (χ1n) is 3.78. The average Bonchev–Trinajstić information content (AvgIpc) is 2.61. The van der Waals surface area contributed by atoms with Gasteiger partial charge in [-0.25, -0.2) is 9.37 Å². The molecule has 7 heteroatoms. The van der Waals surface area contributed by atoms with Gasteiger partial charge in [-0.1, -0.05) is 0 Å². The molecule has 74 valence electrons. The van der Waals surface area contributed by atoms with E-state index in [1.807, 2.05) is 0 Å². The normalized spacial score (nSPS) is 10.8. The van der Waals surface area contributed by atoms with E-state index in [2.05, 4.69) is 31.1 Å². The summed E-state index contributed by atoms with van der Waals surface area (Å²) >= 11 is 3.21. The highest BCUT2D eigenvalue weighted by Gasteiger charge is 2.15. The Labute approximate surface area is 87.3 Å². The van der Waals surface area contributed by atoms with Gasteiger partial charge in [0.2, 0.25) is 0 Å². The number of nitrogens with one attached hydrogen (secondary N) is 1. The van der Waals surface area contributed by atoms with Crippen molar-refractivity contribution in [2.24, 2.45) is 7.05 Å². The lowest BCUT2D eigenvalue weighted by Crippen LogP contribution is -1.87. The molecule has 0 aliphatic rings. The minimum absolute atomic E-state index is 0.151. The number of nitrogens with zero attached hydrogens (tertiary/aromatic N) is 3. The van der Waals surface area contributed by atoms with E-state index in [0.717, 1.165) is 0 Å². The van der Waals surface area contributed by atoms with Crippen molar-refractivity contribution >= 4 is 21.7 Å². The molecule has 0 bridgehead atoms. The highest BCUT2D eigenvalue weighted by molar-refractivity contribution is 9.10. The quantitative estimate of drug-likeness (QED) is 0.811. The molecule has 0 fully saturated rings. The van der Waals surface area contributed by atoms with Crippen LogP contribution in [0.4, 0.5) is 10.2 Å². The molecule has 0 atom stereocenters. The van der Waals surface area contributed by atoms with E-state index in [0.29, 0.717) is 10.4 Å². The van der Waals surface area contributed by atoms with E-state index in [9.17, 15) is 4.39 Å². The van der Waals surface area contributed by atoms with E-state index in [1.54, 1.807) is 17.8 Å². The van der Waals surface area contributed by atoms with Crippen LogP contribution in [0.1, 0.15) is 0 Å². The molecule has 5 nitrogen and oxygen atoms in total. The van der Waals surface area contributed by atoms with Crippen molar-refractivity contribution < 1.29 is 4.39 Å². The second-order valence-electron chi connectivity index (χ2n) is 2.80. The third-order valence-electron chi connectivity index (χ3n) is 1.81. The van der Waals surface area contributed by atoms with Gasteiger partial charge in [0.1, 0.15) is 11.4 Å². The summed E-state index contributed by atoms with van der Waals surface area (Å²) in [4.78, 5) is 4.07. The molecule has 0 amide bonds. The molecule has 2 heterocycles. The number of nitrogens with two attached hydrogens (primary N) is 1. The third kappa shape index (κ3) is 1.29. The maximum absolute atomic E-state index is 13.3. The molecule has 0 radical (unpaired) electrons. The zero-order valence-corrected chi connectivity index (χ0v) is 8.84. The molecule has 0 aromatic carbocycles. The molecule has 0 unspecified atom stereocenters. The number of rotatable bonds is 1. The molecule has 2 aromatic heterocycles. The van der Waals surface area contributed by atoms with Crippen LogP contribution in [0.5, 0.6) is 0 Å². The minimum Gasteiger partial charge on any atom is -0.380 e. The number of H-pyrrole nitrogens is 1. The third-order valence-corrected chi connectivity index (χ3v) is 2.55. The van der Waals surface area contributed by atoms with Crippen LogP contribution < -0.4 is 5.73 Å². The summed E-state index contributed by atoms with van der Waals surface area (Å²) in [5.41, 5.74) is 5.92. The van der Waals surface area contributed by atoms with Crippen molar-refractivity contribution in [3.8, 4) is 11.4 Å². The average molecular weight is 260 g/mol. The van der Waals surface area contributed by atoms with Crippen LogP contribution in [0, 0.1) is 5.82 Å². The summed E-state index contributed by atoms with van der Waals surface area (Å²) < 4.78 is 15.6. The number of nitrogen functional groups attached to an aromatic ring is 1. The van der Waals surface area contributed by atoms with Gasteiger partial charge in [0.25, 0.3) is 0 Å². The Morgan fingerprint density at radius 2 is 2.36 bits per heavy atom. The first-order valence-corrected chi connectivity index (χ1v) is 4.57. The van der Waals surface area contributed by atoms with Crippen LogP contribution in [0.15, 0.2) is 10.9 Å². The standard InChI is InChI=1S/C7H7BrFN5/c1-14-2-3(11-7(14)8)5-4(9)6(10)13-12-5/h2H,1H3,(H3,10,12,13). The zero-order chi connectivity index (χ0) is 10.3. The predicted octanol–water partition coefficient (Wildman–Crippen LogP) is 1.29. The van der Waals surface area contributed by atoms with Crippen LogP contribution in [0.3, 0.4) is 0 Å². The van der Waals surface area contributed by atoms with E-state index in [-0.39, 0.29) is 11.5 Å². The molecule has 0 spiro atoms. The Morgan fingerprint density at radius 1 is 1.64 bits per heavy atom. The maximum Gasteiger partial charge on any atom is 0.194 e. The summed E-state index contributed by atoms with van der Waals surface area (Å²) in [6.07, 6.45) is 1.67.